The van der Waals surface area contributed by atoms with Gasteiger partial charge in [0.2, 0.25) is 0 Å². The van der Waals surface area contributed by atoms with E-state index in [1.807, 2.05) is 0 Å². The monoisotopic (exact) mass is 257 g/mol. The van der Waals surface area contributed by atoms with E-state index in [0.717, 1.165) is 32.7 Å². The number of aromatic nitrogens is 2. The van der Waals surface area contributed by atoms with Crippen LogP contribution in [0.4, 0.5) is 0 Å². The second kappa shape index (κ2) is 6.14. The van der Waals surface area contributed by atoms with Crippen molar-refractivity contribution in [3.63, 3.8) is 0 Å². The minimum absolute atomic E-state index is 0.264. The molecule has 0 bridgehead atoms. The van der Waals surface area contributed by atoms with Gasteiger partial charge in [0, 0.05) is 32.4 Å². The van der Waals surface area contributed by atoms with Crippen molar-refractivity contribution in [3.05, 3.63) is 27.9 Å². The minimum atomic E-state index is -0.264. The maximum Gasteiger partial charge on any atom is 0.347 e. The summed E-state index contributed by atoms with van der Waals surface area (Å²) in [6.45, 7) is 3.96. The quantitative estimate of drug-likeness (QED) is 0.782. The summed E-state index contributed by atoms with van der Waals surface area (Å²) in [4.78, 5) is 15.0. The molecule has 1 aromatic rings. The van der Waals surface area contributed by atoms with Gasteiger partial charge in [0.1, 0.15) is 0 Å². The number of hydrogen-bond donors (Lipinski definition) is 1. The Morgan fingerprint density at radius 2 is 2.53 bits per heavy atom. The lowest BCUT2D eigenvalue weighted by atomic mass is 10.1. The van der Waals surface area contributed by atoms with Crippen LogP contribution in [-0.4, -0.2) is 35.9 Å². The highest BCUT2D eigenvalue weighted by Gasteiger charge is 2.14. The van der Waals surface area contributed by atoms with Gasteiger partial charge in [-0.25, -0.2) is 9.78 Å². The number of halogens is 1. The molecule has 0 aromatic carbocycles. The van der Waals surface area contributed by atoms with Gasteiger partial charge in [0.05, 0.1) is 17.8 Å². The van der Waals surface area contributed by atoms with Crippen LogP contribution < -0.4 is 11.0 Å². The van der Waals surface area contributed by atoms with Crippen molar-refractivity contribution in [1.29, 1.82) is 0 Å². The smallest absolute Gasteiger partial charge is 0.347 e. The molecule has 17 heavy (non-hydrogen) atoms. The van der Waals surface area contributed by atoms with Gasteiger partial charge in [-0.15, -0.1) is 0 Å². The molecule has 6 heteroatoms. The largest absolute Gasteiger partial charge is 0.381 e. The summed E-state index contributed by atoms with van der Waals surface area (Å²) in [6, 6.07) is 0. The molecule has 1 aliphatic rings. The van der Waals surface area contributed by atoms with E-state index in [0.29, 0.717) is 17.5 Å². The molecule has 1 atom stereocenters. The zero-order chi connectivity index (χ0) is 12.1. The van der Waals surface area contributed by atoms with Crippen LogP contribution in [0.1, 0.15) is 6.42 Å². The standard InChI is InChI=1S/C11H16ClN3O2/c12-10-6-14-11(16)15(7-10)3-2-13-5-9-1-4-17-8-9/h6-7,9,13H,1-5,8H2. The molecule has 1 fully saturated rings. The Labute approximate surface area is 105 Å². The lowest BCUT2D eigenvalue weighted by Gasteiger charge is -2.10. The molecule has 2 rings (SSSR count). The molecule has 2 heterocycles. The molecular formula is C11H16ClN3O2. The second-order valence-corrected chi connectivity index (χ2v) is 4.62. The second-order valence-electron chi connectivity index (χ2n) is 4.18. The van der Waals surface area contributed by atoms with Crippen molar-refractivity contribution in [2.45, 2.75) is 13.0 Å². The molecule has 1 aromatic heterocycles. The van der Waals surface area contributed by atoms with Gasteiger partial charge in [0.15, 0.2) is 0 Å². The molecule has 0 radical (unpaired) electrons. The maximum atomic E-state index is 11.4. The number of nitrogens with zero attached hydrogens (tertiary/aromatic N) is 2. The molecule has 1 saturated heterocycles. The number of rotatable bonds is 5. The van der Waals surface area contributed by atoms with E-state index in [4.69, 9.17) is 16.3 Å². The van der Waals surface area contributed by atoms with Gasteiger partial charge in [-0.1, -0.05) is 11.6 Å². The highest BCUT2D eigenvalue weighted by molar-refractivity contribution is 6.30. The lowest BCUT2D eigenvalue weighted by Crippen LogP contribution is -2.30. The highest BCUT2D eigenvalue weighted by Crippen LogP contribution is 2.10. The first kappa shape index (κ1) is 12.5. The average molecular weight is 258 g/mol. The summed E-state index contributed by atoms with van der Waals surface area (Å²) in [5.74, 6) is 0.601. The number of ether oxygens (including phenoxy) is 1. The summed E-state index contributed by atoms with van der Waals surface area (Å²) < 4.78 is 6.80. The number of hydrogen-bond acceptors (Lipinski definition) is 4. The van der Waals surface area contributed by atoms with Crippen molar-refractivity contribution in [3.8, 4) is 0 Å². The fourth-order valence-corrected chi connectivity index (χ4v) is 2.01. The molecular weight excluding hydrogens is 242 g/mol. The van der Waals surface area contributed by atoms with Gasteiger partial charge in [-0.05, 0) is 12.3 Å². The predicted molar refractivity (Wildman–Crippen MR) is 65.3 cm³/mol. The van der Waals surface area contributed by atoms with E-state index in [2.05, 4.69) is 10.3 Å². The van der Waals surface area contributed by atoms with Crippen LogP contribution >= 0.6 is 11.6 Å². The van der Waals surface area contributed by atoms with Crippen molar-refractivity contribution in [2.75, 3.05) is 26.3 Å². The molecule has 0 spiro atoms. The summed E-state index contributed by atoms with van der Waals surface area (Å²) in [5, 5.41) is 3.79. The molecule has 0 aliphatic carbocycles. The molecule has 0 saturated carbocycles. The van der Waals surface area contributed by atoms with Crippen LogP contribution in [0.15, 0.2) is 17.2 Å². The topological polar surface area (TPSA) is 56.2 Å². The maximum absolute atomic E-state index is 11.4. The summed E-state index contributed by atoms with van der Waals surface area (Å²) in [5.41, 5.74) is -0.264. The normalized spacial score (nSPS) is 19.7. The Balaban J connectivity index is 1.74. The van der Waals surface area contributed by atoms with Crippen molar-refractivity contribution < 1.29 is 4.74 Å². The molecule has 94 valence electrons. The van der Waals surface area contributed by atoms with Crippen LogP contribution in [0.25, 0.3) is 0 Å². The Kier molecular flexibility index (Phi) is 4.53. The van der Waals surface area contributed by atoms with E-state index < -0.39 is 0 Å². The molecule has 0 amide bonds. The first-order valence-electron chi connectivity index (χ1n) is 5.76. The van der Waals surface area contributed by atoms with Crippen molar-refractivity contribution >= 4 is 11.6 Å². The Morgan fingerprint density at radius 3 is 3.29 bits per heavy atom. The Morgan fingerprint density at radius 1 is 1.65 bits per heavy atom. The summed E-state index contributed by atoms with van der Waals surface area (Å²) in [6.07, 6.45) is 4.09. The van der Waals surface area contributed by atoms with Gasteiger partial charge < -0.3 is 10.1 Å². The highest BCUT2D eigenvalue weighted by atomic mass is 35.5. The first-order chi connectivity index (χ1) is 8.25. The van der Waals surface area contributed by atoms with Gasteiger partial charge >= 0.3 is 5.69 Å². The summed E-state index contributed by atoms with van der Waals surface area (Å²) >= 11 is 5.77. The third-order valence-corrected chi connectivity index (χ3v) is 3.00. The van der Waals surface area contributed by atoms with E-state index in [-0.39, 0.29) is 5.69 Å². The SMILES string of the molecule is O=c1ncc(Cl)cn1CCNCC1CCOC1. The fourth-order valence-electron chi connectivity index (χ4n) is 1.84. The first-order valence-corrected chi connectivity index (χ1v) is 6.14. The summed E-state index contributed by atoms with van der Waals surface area (Å²) in [7, 11) is 0. The van der Waals surface area contributed by atoms with E-state index in [1.54, 1.807) is 6.20 Å². The van der Waals surface area contributed by atoms with Gasteiger partial charge in [-0.2, -0.15) is 0 Å². The molecule has 1 unspecified atom stereocenters. The van der Waals surface area contributed by atoms with E-state index in [1.165, 1.54) is 10.8 Å². The zero-order valence-electron chi connectivity index (χ0n) is 9.56. The van der Waals surface area contributed by atoms with E-state index >= 15 is 0 Å². The van der Waals surface area contributed by atoms with E-state index in [9.17, 15) is 4.79 Å². The Hall–Kier alpha value is -0.910. The van der Waals surface area contributed by atoms with Crippen molar-refractivity contribution in [2.24, 2.45) is 5.92 Å². The van der Waals surface area contributed by atoms with Crippen LogP contribution in [0.2, 0.25) is 5.02 Å². The van der Waals surface area contributed by atoms with Crippen molar-refractivity contribution in [1.82, 2.24) is 14.9 Å². The fraction of sp³-hybridized carbons (Fsp3) is 0.636. The van der Waals surface area contributed by atoms with Crippen LogP contribution in [0.3, 0.4) is 0 Å². The van der Waals surface area contributed by atoms with Gasteiger partial charge in [0.25, 0.3) is 0 Å². The zero-order valence-corrected chi connectivity index (χ0v) is 10.3. The third-order valence-electron chi connectivity index (χ3n) is 2.81. The predicted octanol–water partition coefficient (Wildman–Crippen LogP) is 0.523. The molecule has 1 aliphatic heterocycles. The average Bonchev–Trinajstić information content (AvgIpc) is 2.82. The van der Waals surface area contributed by atoms with Gasteiger partial charge in [-0.3, -0.25) is 4.57 Å². The van der Waals surface area contributed by atoms with Crippen LogP contribution in [-0.2, 0) is 11.3 Å². The van der Waals surface area contributed by atoms with Crippen LogP contribution in [0, 0.1) is 5.92 Å². The Bertz CT molecular complexity index is 415. The third kappa shape index (κ3) is 3.80. The minimum Gasteiger partial charge on any atom is -0.381 e. The van der Waals surface area contributed by atoms with Crippen LogP contribution in [0.5, 0.6) is 0 Å². The lowest BCUT2D eigenvalue weighted by molar-refractivity contribution is 0.185. The molecule has 5 nitrogen and oxygen atoms in total. The number of nitrogens with one attached hydrogen (secondary N) is 1. The molecule has 1 N–H and O–H groups in total.